The molecule has 122 valence electrons. The molecule has 0 aliphatic heterocycles. The van der Waals surface area contributed by atoms with Crippen molar-refractivity contribution in [3.05, 3.63) is 41.6 Å². The number of carbonyl (C=O) groups is 1. The van der Waals surface area contributed by atoms with Gasteiger partial charge in [-0.3, -0.25) is 0 Å². The van der Waals surface area contributed by atoms with Crippen LogP contribution in [0.5, 0.6) is 0 Å². The fraction of sp³-hybridized carbons (Fsp3) is 0.125. The average molecular weight is 343 g/mol. The lowest BCUT2D eigenvalue weighted by molar-refractivity contribution is -0.246. The Balaban J connectivity index is 2.13. The van der Waals surface area contributed by atoms with Gasteiger partial charge in [0.1, 0.15) is 17.4 Å². The van der Waals surface area contributed by atoms with Gasteiger partial charge in [-0.25, -0.2) is 15.0 Å². The van der Waals surface area contributed by atoms with Crippen molar-refractivity contribution in [2.75, 3.05) is 17.2 Å². The highest BCUT2D eigenvalue weighted by atomic mass is 35.5. The molecule has 0 radical (unpaired) electrons. The van der Waals surface area contributed by atoms with E-state index in [9.17, 15) is 9.90 Å². The van der Waals surface area contributed by atoms with Crippen LogP contribution in [0.1, 0.15) is 6.92 Å². The van der Waals surface area contributed by atoms with Crippen molar-refractivity contribution < 1.29 is 9.90 Å². The van der Waals surface area contributed by atoms with Crippen LogP contribution in [0, 0.1) is 0 Å². The number of nitrogen functional groups attached to an aromatic ring is 1. The van der Waals surface area contributed by atoms with E-state index >= 15 is 0 Å². The van der Waals surface area contributed by atoms with Crippen LogP contribution in [0.25, 0.3) is 22.4 Å². The third-order valence-electron chi connectivity index (χ3n) is 3.49. The highest BCUT2D eigenvalue weighted by Gasteiger charge is 2.13. The maximum atomic E-state index is 11.2. The molecule has 8 heteroatoms. The molecule has 3 aromatic rings. The second-order valence-electron chi connectivity index (χ2n) is 5.01. The first-order chi connectivity index (χ1) is 11.5. The third-order valence-corrected chi connectivity index (χ3v) is 3.74. The number of hydrogen-bond donors (Lipinski definition) is 1. The summed E-state index contributed by atoms with van der Waals surface area (Å²) in [5, 5.41) is 11.8. The molecule has 0 bridgehead atoms. The summed E-state index contributed by atoms with van der Waals surface area (Å²) in [6.07, 6.45) is 0.227. The summed E-state index contributed by atoms with van der Waals surface area (Å²) in [6.45, 7) is 1.86. The Morgan fingerprint density at radius 2 is 2.00 bits per heavy atom. The molecule has 0 aliphatic rings. The van der Waals surface area contributed by atoms with Gasteiger partial charge in [0.15, 0.2) is 5.65 Å². The predicted octanol–water partition coefficient (Wildman–Crippen LogP) is 2.10. The monoisotopic (exact) mass is 342 g/mol. The first-order valence-electron chi connectivity index (χ1n) is 7.17. The van der Waals surface area contributed by atoms with E-state index in [4.69, 9.17) is 17.3 Å². The number of aromatic nitrogens is 3. The van der Waals surface area contributed by atoms with E-state index in [0.717, 1.165) is 10.5 Å². The molecule has 7 nitrogen and oxygen atoms in total. The number of hydrogen-bond acceptors (Lipinski definition) is 6. The Kier molecular flexibility index (Phi) is 4.18. The van der Waals surface area contributed by atoms with E-state index in [1.54, 1.807) is 25.3 Å². The summed E-state index contributed by atoms with van der Waals surface area (Å²) < 4.78 is 0. The number of halogens is 1. The quantitative estimate of drug-likeness (QED) is 0.780. The Bertz CT molecular complexity index is 914. The number of benzene rings is 1. The zero-order valence-corrected chi connectivity index (χ0v) is 13.5. The van der Waals surface area contributed by atoms with Crippen LogP contribution in [0.15, 0.2) is 36.5 Å². The van der Waals surface area contributed by atoms with Gasteiger partial charge in [-0.15, -0.1) is 0 Å². The van der Waals surface area contributed by atoms with Gasteiger partial charge in [-0.1, -0.05) is 23.7 Å². The Hall–Kier alpha value is -2.93. The standard InChI is InChI=1S/C16H14ClN5O2/c1-2-22(16(23)24)13-7-11(18)14-15(21-13)20-12(8-19-14)9-3-5-10(17)6-4-9/h3-8H,2H2,1H3,(H,23,24)(H2,18,20,21)/p-1. The number of nitrogens with zero attached hydrogens (tertiary/aromatic N) is 4. The van der Waals surface area contributed by atoms with Gasteiger partial charge in [0.25, 0.3) is 0 Å². The second kappa shape index (κ2) is 6.29. The fourth-order valence-electron chi connectivity index (χ4n) is 2.29. The van der Waals surface area contributed by atoms with Crippen molar-refractivity contribution in [2.24, 2.45) is 0 Å². The van der Waals surface area contributed by atoms with Gasteiger partial charge in [0.05, 0.1) is 17.6 Å². The van der Waals surface area contributed by atoms with Crippen molar-refractivity contribution in [1.82, 2.24) is 15.0 Å². The first-order valence-corrected chi connectivity index (χ1v) is 7.55. The molecule has 2 aromatic heterocycles. The minimum atomic E-state index is -1.36. The Morgan fingerprint density at radius 3 is 2.62 bits per heavy atom. The van der Waals surface area contributed by atoms with Gasteiger partial charge in [0.2, 0.25) is 0 Å². The minimum Gasteiger partial charge on any atom is -0.530 e. The fourth-order valence-corrected chi connectivity index (χ4v) is 2.42. The average Bonchev–Trinajstić information content (AvgIpc) is 2.55. The van der Waals surface area contributed by atoms with E-state index in [1.165, 1.54) is 6.07 Å². The van der Waals surface area contributed by atoms with Gasteiger partial charge in [0, 0.05) is 23.2 Å². The smallest absolute Gasteiger partial charge is 0.182 e. The summed E-state index contributed by atoms with van der Waals surface area (Å²) in [7, 11) is 0. The first kappa shape index (κ1) is 15.9. The van der Waals surface area contributed by atoms with E-state index in [1.807, 2.05) is 12.1 Å². The summed E-state index contributed by atoms with van der Waals surface area (Å²) in [5.41, 5.74) is 8.32. The number of pyridine rings is 1. The molecule has 24 heavy (non-hydrogen) atoms. The number of carboxylic acid groups (broad SMARTS) is 1. The lowest BCUT2D eigenvalue weighted by Crippen LogP contribution is -2.41. The van der Waals surface area contributed by atoms with Crippen LogP contribution < -0.4 is 15.7 Å². The molecule has 0 fully saturated rings. The molecule has 0 spiro atoms. The lowest BCUT2D eigenvalue weighted by Gasteiger charge is -2.22. The van der Waals surface area contributed by atoms with E-state index in [0.29, 0.717) is 21.9 Å². The SMILES string of the molecule is CCN(C(=O)[O-])c1cc(N)c2ncc(-c3ccc(Cl)cc3)nc2n1. The van der Waals surface area contributed by atoms with E-state index < -0.39 is 6.09 Å². The number of carbonyl (C=O) groups excluding carboxylic acids is 1. The molecule has 1 amide bonds. The van der Waals surface area contributed by atoms with Crippen molar-refractivity contribution in [1.29, 1.82) is 0 Å². The van der Waals surface area contributed by atoms with Gasteiger partial charge in [-0.2, -0.15) is 0 Å². The minimum absolute atomic E-state index is 0.157. The summed E-state index contributed by atoms with van der Waals surface area (Å²) in [5.74, 6) is 0.157. The van der Waals surface area contributed by atoms with E-state index in [-0.39, 0.29) is 18.0 Å². The maximum Gasteiger partial charge on any atom is 0.182 e. The Labute approximate surface area is 142 Å². The van der Waals surface area contributed by atoms with Crippen LogP contribution in [0.3, 0.4) is 0 Å². The molecular weight excluding hydrogens is 330 g/mol. The number of rotatable bonds is 3. The van der Waals surface area contributed by atoms with Crippen LogP contribution >= 0.6 is 11.6 Å². The maximum absolute atomic E-state index is 11.2. The largest absolute Gasteiger partial charge is 0.530 e. The molecule has 2 N–H and O–H groups in total. The van der Waals surface area contributed by atoms with Crippen molar-refractivity contribution >= 4 is 40.4 Å². The molecule has 0 aliphatic carbocycles. The second-order valence-corrected chi connectivity index (χ2v) is 5.45. The topological polar surface area (TPSA) is 108 Å². The zero-order chi connectivity index (χ0) is 17.3. The van der Waals surface area contributed by atoms with Crippen molar-refractivity contribution in [2.45, 2.75) is 6.92 Å². The number of amides is 1. The van der Waals surface area contributed by atoms with Crippen molar-refractivity contribution in [3.8, 4) is 11.3 Å². The number of fused-ring (bicyclic) bond motifs is 1. The summed E-state index contributed by atoms with van der Waals surface area (Å²) >= 11 is 5.88. The molecule has 0 saturated heterocycles. The number of nitrogens with two attached hydrogens (primary N) is 1. The number of anilines is 2. The van der Waals surface area contributed by atoms with Gasteiger partial charge < -0.3 is 20.5 Å². The normalized spacial score (nSPS) is 10.8. The van der Waals surface area contributed by atoms with Crippen molar-refractivity contribution in [3.63, 3.8) is 0 Å². The summed E-state index contributed by atoms with van der Waals surface area (Å²) in [4.78, 5) is 25.1. The lowest BCUT2D eigenvalue weighted by atomic mass is 10.1. The molecule has 0 unspecified atom stereocenters. The highest BCUT2D eigenvalue weighted by Crippen LogP contribution is 2.25. The van der Waals surface area contributed by atoms with Gasteiger partial charge >= 0.3 is 0 Å². The predicted molar refractivity (Wildman–Crippen MR) is 90.6 cm³/mol. The molecule has 0 atom stereocenters. The molecular formula is C16H13ClN5O2-. The molecule has 3 rings (SSSR count). The van der Waals surface area contributed by atoms with E-state index in [2.05, 4.69) is 15.0 Å². The molecule has 2 heterocycles. The zero-order valence-electron chi connectivity index (χ0n) is 12.7. The molecule has 0 saturated carbocycles. The van der Waals surface area contributed by atoms with Gasteiger partial charge in [-0.05, 0) is 19.1 Å². The highest BCUT2D eigenvalue weighted by molar-refractivity contribution is 6.30. The third kappa shape index (κ3) is 2.93. The molecule has 1 aromatic carbocycles. The Morgan fingerprint density at radius 1 is 1.29 bits per heavy atom. The van der Waals surface area contributed by atoms with Crippen LogP contribution in [-0.2, 0) is 0 Å². The van der Waals surface area contributed by atoms with Crippen LogP contribution in [0.2, 0.25) is 5.02 Å². The van der Waals surface area contributed by atoms with Crippen LogP contribution in [0.4, 0.5) is 16.3 Å². The van der Waals surface area contributed by atoms with Crippen LogP contribution in [-0.4, -0.2) is 27.6 Å². The summed E-state index contributed by atoms with van der Waals surface area (Å²) in [6, 6.07) is 8.56.